The standard InChI is InChI=1S/C15H22N4O2S2/c1-3-10-9-13(20)19-15(17-10)22-14(18-19)16-11-6-5-7-12(8-11)23(21)4-2/h9,11-12H,3-8H2,1-2H3,(H,16,18). The van der Waals surface area contributed by atoms with E-state index in [1.165, 1.54) is 21.9 Å². The Hall–Kier alpha value is -1.28. The first-order valence-corrected chi connectivity index (χ1v) is 10.3. The minimum absolute atomic E-state index is 0.134. The van der Waals surface area contributed by atoms with Crippen LogP contribution in [0.15, 0.2) is 10.9 Å². The summed E-state index contributed by atoms with van der Waals surface area (Å²) in [4.78, 5) is 17.1. The van der Waals surface area contributed by atoms with E-state index in [4.69, 9.17) is 0 Å². The van der Waals surface area contributed by atoms with E-state index in [9.17, 15) is 9.00 Å². The Morgan fingerprint density at radius 1 is 1.43 bits per heavy atom. The van der Waals surface area contributed by atoms with Crippen molar-refractivity contribution in [1.82, 2.24) is 14.6 Å². The van der Waals surface area contributed by atoms with Crippen molar-refractivity contribution in [3.63, 3.8) is 0 Å². The van der Waals surface area contributed by atoms with Crippen molar-refractivity contribution in [3.05, 3.63) is 22.1 Å². The van der Waals surface area contributed by atoms with Crippen LogP contribution in [-0.2, 0) is 17.2 Å². The maximum Gasteiger partial charge on any atom is 0.275 e. The summed E-state index contributed by atoms with van der Waals surface area (Å²) in [6.45, 7) is 3.96. The molecule has 2 aromatic rings. The van der Waals surface area contributed by atoms with Crippen LogP contribution in [0.25, 0.3) is 4.96 Å². The molecule has 1 aliphatic rings. The molecule has 3 unspecified atom stereocenters. The molecule has 1 aliphatic carbocycles. The van der Waals surface area contributed by atoms with E-state index in [1.54, 1.807) is 0 Å². The van der Waals surface area contributed by atoms with Gasteiger partial charge in [0.1, 0.15) is 0 Å². The number of aryl methyl sites for hydroxylation is 1. The van der Waals surface area contributed by atoms with E-state index in [-0.39, 0.29) is 16.9 Å². The van der Waals surface area contributed by atoms with Crippen molar-refractivity contribution in [2.75, 3.05) is 11.1 Å². The maximum atomic E-state index is 12.0. The molecule has 6 nitrogen and oxygen atoms in total. The molecule has 0 saturated heterocycles. The highest BCUT2D eigenvalue weighted by Crippen LogP contribution is 2.27. The lowest BCUT2D eigenvalue weighted by Crippen LogP contribution is -2.33. The summed E-state index contributed by atoms with van der Waals surface area (Å²) in [5.41, 5.74) is 0.658. The zero-order valence-electron chi connectivity index (χ0n) is 13.4. The first-order chi connectivity index (χ1) is 11.1. The number of fused-ring (bicyclic) bond motifs is 1. The van der Waals surface area contributed by atoms with Gasteiger partial charge in [0.25, 0.3) is 5.56 Å². The molecule has 0 radical (unpaired) electrons. The van der Waals surface area contributed by atoms with Gasteiger partial charge in [-0.2, -0.15) is 4.52 Å². The average molecular weight is 355 g/mol. The third-order valence-corrected chi connectivity index (χ3v) is 6.85. The van der Waals surface area contributed by atoms with Crippen LogP contribution in [0, 0.1) is 0 Å². The summed E-state index contributed by atoms with van der Waals surface area (Å²) < 4.78 is 13.4. The largest absolute Gasteiger partial charge is 0.357 e. The molecule has 0 bridgehead atoms. The fourth-order valence-corrected chi connectivity index (χ4v) is 5.27. The zero-order valence-corrected chi connectivity index (χ0v) is 15.1. The minimum Gasteiger partial charge on any atom is -0.357 e. The van der Waals surface area contributed by atoms with Crippen molar-refractivity contribution in [3.8, 4) is 0 Å². The van der Waals surface area contributed by atoms with E-state index >= 15 is 0 Å². The molecule has 0 aromatic carbocycles. The van der Waals surface area contributed by atoms with Crippen molar-refractivity contribution >= 4 is 32.2 Å². The smallest absolute Gasteiger partial charge is 0.275 e. The van der Waals surface area contributed by atoms with E-state index in [2.05, 4.69) is 15.4 Å². The van der Waals surface area contributed by atoms with Crippen LogP contribution in [0.5, 0.6) is 0 Å². The molecule has 1 fully saturated rings. The highest BCUT2D eigenvalue weighted by molar-refractivity contribution is 7.85. The quantitative estimate of drug-likeness (QED) is 0.891. The molecule has 0 amide bonds. The Morgan fingerprint density at radius 3 is 3.00 bits per heavy atom. The number of nitrogens with zero attached hydrogens (tertiary/aromatic N) is 3. The van der Waals surface area contributed by atoms with Gasteiger partial charge < -0.3 is 5.32 Å². The summed E-state index contributed by atoms with van der Waals surface area (Å²) in [7, 11) is -0.739. The number of anilines is 1. The van der Waals surface area contributed by atoms with Gasteiger partial charge in [-0.15, -0.1) is 5.10 Å². The maximum absolute atomic E-state index is 12.0. The fourth-order valence-electron chi connectivity index (χ4n) is 3.02. The van der Waals surface area contributed by atoms with Crippen LogP contribution < -0.4 is 10.9 Å². The van der Waals surface area contributed by atoms with Crippen molar-refractivity contribution < 1.29 is 4.21 Å². The molecule has 0 spiro atoms. The summed E-state index contributed by atoms with van der Waals surface area (Å²) in [6.07, 6.45) is 4.81. The summed E-state index contributed by atoms with van der Waals surface area (Å²) in [6, 6.07) is 1.81. The lowest BCUT2D eigenvalue weighted by Gasteiger charge is -2.28. The van der Waals surface area contributed by atoms with Crippen LogP contribution >= 0.6 is 11.3 Å². The molecule has 1 saturated carbocycles. The Bertz CT molecular complexity index is 770. The van der Waals surface area contributed by atoms with Gasteiger partial charge in [-0.3, -0.25) is 9.00 Å². The summed E-state index contributed by atoms with van der Waals surface area (Å²) in [5, 5.41) is 8.75. The third kappa shape index (κ3) is 3.63. The Balaban J connectivity index is 1.77. The van der Waals surface area contributed by atoms with Gasteiger partial charge in [-0.05, 0) is 25.7 Å². The molecule has 2 heterocycles. The van der Waals surface area contributed by atoms with Gasteiger partial charge in [0.2, 0.25) is 10.1 Å². The fraction of sp³-hybridized carbons (Fsp3) is 0.667. The minimum atomic E-state index is -0.739. The Labute approximate surface area is 141 Å². The second-order valence-electron chi connectivity index (χ2n) is 5.84. The lowest BCUT2D eigenvalue weighted by molar-refractivity contribution is 0.464. The van der Waals surface area contributed by atoms with Crippen LogP contribution in [-0.4, -0.2) is 35.9 Å². The van der Waals surface area contributed by atoms with E-state index < -0.39 is 10.8 Å². The van der Waals surface area contributed by atoms with Crippen LogP contribution in [0.4, 0.5) is 5.13 Å². The molecule has 126 valence electrons. The molecule has 2 aromatic heterocycles. The van der Waals surface area contributed by atoms with E-state index in [0.29, 0.717) is 4.96 Å². The molecule has 8 heteroatoms. The topological polar surface area (TPSA) is 76.4 Å². The molecule has 3 atom stereocenters. The van der Waals surface area contributed by atoms with Gasteiger partial charge in [0.05, 0.1) is 0 Å². The molecular formula is C15H22N4O2S2. The third-order valence-electron chi connectivity index (χ3n) is 4.27. The highest BCUT2D eigenvalue weighted by atomic mass is 32.2. The number of rotatable bonds is 5. The number of hydrogen-bond donors (Lipinski definition) is 1. The van der Waals surface area contributed by atoms with Gasteiger partial charge in [-0.1, -0.05) is 31.6 Å². The van der Waals surface area contributed by atoms with Crippen LogP contribution in [0.2, 0.25) is 0 Å². The van der Waals surface area contributed by atoms with Gasteiger partial charge in [0.15, 0.2) is 0 Å². The lowest BCUT2D eigenvalue weighted by atomic mass is 9.95. The second kappa shape index (κ2) is 7.09. The molecule has 3 rings (SSSR count). The first-order valence-electron chi connectivity index (χ1n) is 8.14. The number of hydrogen-bond acceptors (Lipinski definition) is 6. The predicted octanol–water partition coefficient (Wildman–Crippen LogP) is 2.21. The van der Waals surface area contributed by atoms with Crippen molar-refractivity contribution in [1.29, 1.82) is 0 Å². The average Bonchev–Trinajstić information content (AvgIpc) is 2.97. The van der Waals surface area contributed by atoms with E-state index in [1.807, 2.05) is 13.8 Å². The highest BCUT2D eigenvalue weighted by Gasteiger charge is 2.26. The van der Waals surface area contributed by atoms with Gasteiger partial charge >= 0.3 is 0 Å². The van der Waals surface area contributed by atoms with Gasteiger partial charge in [-0.25, -0.2) is 4.98 Å². The Morgan fingerprint density at radius 2 is 2.26 bits per heavy atom. The second-order valence-corrected chi connectivity index (χ2v) is 8.80. The number of aromatic nitrogens is 3. The molecular weight excluding hydrogens is 332 g/mol. The first kappa shape index (κ1) is 16.6. The van der Waals surface area contributed by atoms with Gasteiger partial charge in [0, 0.05) is 39.6 Å². The molecule has 0 aliphatic heterocycles. The van der Waals surface area contributed by atoms with E-state index in [0.717, 1.165) is 48.7 Å². The van der Waals surface area contributed by atoms with Crippen molar-refractivity contribution in [2.45, 2.75) is 57.2 Å². The molecule has 1 N–H and O–H groups in total. The molecule has 23 heavy (non-hydrogen) atoms. The Kier molecular flexibility index (Phi) is 5.11. The number of nitrogens with one attached hydrogen (secondary N) is 1. The normalized spacial score (nSPS) is 23.0. The van der Waals surface area contributed by atoms with Crippen LogP contribution in [0.3, 0.4) is 0 Å². The SMILES string of the molecule is CCc1cc(=O)n2nc(NC3CCCC(S(=O)CC)C3)sc2n1. The van der Waals surface area contributed by atoms with Crippen molar-refractivity contribution in [2.24, 2.45) is 0 Å². The zero-order chi connectivity index (χ0) is 16.4. The summed E-state index contributed by atoms with van der Waals surface area (Å²) in [5.74, 6) is 0.720. The summed E-state index contributed by atoms with van der Waals surface area (Å²) >= 11 is 1.40. The van der Waals surface area contributed by atoms with Crippen LogP contribution in [0.1, 0.15) is 45.2 Å². The monoisotopic (exact) mass is 354 g/mol. The predicted molar refractivity (Wildman–Crippen MR) is 94.9 cm³/mol.